The summed E-state index contributed by atoms with van der Waals surface area (Å²) >= 11 is 5.86. The average molecular weight is 331 g/mol. The maximum Gasteiger partial charge on any atom is 0.220 e. The van der Waals surface area contributed by atoms with E-state index in [1.165, 1.54) is 11.1 Å². The Bertz CT molecular complexity index is 638. The summed E-state index contributed by atoms with van der Waals surface area (Å²) < 4.78 is 0. The fraction of sp³-hybridized carbons (Fsp3) is 0.316. The lowest BCUT2D eigenvalue weighted by atomic mass is 10.1. The van der Waals surface area contributed by atoms with Crippen molar-refractivity contribution in [1.29, 1.82) is 0 Å². The van der Waals surface area contributed by atoms with Crippen LogP contribution in [0.3, 0.4) is 0 Å². The van der Waals surface area contributed by atoms with Gasteiger partial charge in [-0.2, -0.15) is 0 Å². The Morgan fingerprint density at radius 1 is 1.04 bits per heavy atom. The highest BCUT2D eigenvalue weighted by atomic mass is 35.5. The first-order valence-corrected chi connectivity index (χ1v) is 8.15. The molecule has 0 radical (unpaired) electrons. The quantitative estimate of drug-likeness (QED) is 0.840. The van der Waals surface area contributed by atoms with Crippen LogP contribution in [0.1, 0.15) is 23.1 Å². The number of benzene rings is 2. The molecule has 0 saturated heterocycles. The lowest BCUT2D eigenvalue weighted by molar-refractivity contribution is -0.121. The summed E-state index contributed by atoms with van der Waals surface area (Å²) in [6.07, 6.45) is 1.21. The van der Waals surface area contributed by atoms with E-state index in [0.717, 1.165) is 23.6 Å². The Morgan fingerprint density at radius 3 is 2.35 bits per heavy atom. The summed E-state index contributed by atoms with van der Waals surface area (Å²) in [4.78, 5) is 14.2. The van der Waals surface area contributed by atoms with Crippen LogP contribution >= 0.6 is 11.6 Å². The van der Waals surface area contributed by atoms with Crippen LogP contribution in [-0.4, -0.2) is 24.9 Å². The summed E-state index contributed by atoms with van der Waals surface area (Å²) in [5.74, 6) is 0.0691. The zero-order chi connectivity index (χ0) is 16.7. The molecule has 23 heavy (non-hydrogen) atoms. The first-order chi connectivity index (χ1) is 11.0. The van der Waals surface area contributed by atoms with Gasteiger partial charge in [0.15, 0.2) is 0 Å². The molecule has 0 heterocycles. The van der Waals surface area contributed by atoms with Crippen molar-refractivity contribution in [2.45, 2.75) is 25.9 Å². The topological polar surface area (TPSA) is 32.3 Å². The van der Waals surface area contributed by atoms with Gasteiger partial charge >= 0.3 is 0 Å². The lowest BCUT2D eigenvalue weighted by Crippen LogP contribution is -2.24. The van der Waals surface area contributed by atoms with Gasteiger partial charge < -0.3 is 10.2 Å². The summed E-state index contributed by atoms with van der Waals surface area (Å²) in [7, 11) is 4.09. The predicted octanol–water partition coefficient (Wildman–Crippen LogP) is 3.65. The van der Waals surface area contributed by atoms with Gasteiger partial charge in [-0.15, -0.1) is 0 Å². The third kappa shape index (κ3) is 6.05. The molecule has 0 bridgehead atoms. The number of carbonyl (C=O) groups is 1. The van der Waals surface area contributed by atoms with Gasteiger partial charge in [-0.1, -0.05) is 48.0 Å². The molecule has 0 saturated carbocycles. The van der Waals surface area contributed by atoms with E-state index in [4.69, 9.17) is 11.6 Å². The van der Waals surface area contributed by atoms with Crippen molar-refractivity contribution in [2.75, 3.05) is 14.1 Å². The molecule has 3 nitrogen and oxygen atoms in total. The van der Waals surface area contributed by atoms with Crippen molar-refractivity contribution < 1.29 is 4.79 Å². The van der Waals surface area contributed by atoms with E-state index in [2.05, 4.69) is 22.3 Å². The van der Waals surface area contributed by atoms with Crippen LogP contribution in [-0.2, 0) is 24.3 Å². The summed E-state index contributed by atoms with van der Waals surface area (Å²) in [5, 5.41) is 3.73. The van der Waals surface area contributed by atoms with Crippen molar-refractivity contribution >= 4 is 17.5 Å². The number of rotatable bonds is 7. The normalized spacial score (nSPS) is 10.8. The fourth-order valence-corrected chi connectivity index (χ4v) is 2.54. The minimum absolute atomic E-state index is 0.0691. The number of carbonyl (C=O) groups excluding carboxylic acids is 1. The molecule has 0 fully saturated rings. The summed E-state index contributed by atoms with van der Waals surface area (Å²) in [6, 6.07) is 15.8. The van der Waals surface area contributed by atoms with Crippen LogP contribution in [0.2, 0.25) is 5.02 Å². The van der Waals surface area contributed by atoms with E-state index >= 15 is 0 Å². The molecule has 2 aromatic rings. The maximum absolute atomic E-state index is 12.0. The van der Waals surface area contributed by atoms with E-state index in [-0.39, 0.29) is 5.91 Å². The van der Waals surface area contributed by atoms with E-state index in [1.807, 2.05) is 50.5 Å². The standard InChI is InChI=1S/C19H23ClN2O/c1-22(2)14-17-6-4-3-5-16(17)13-21-19(23)12-9-15-7-10-18(20)11-8-15/h3-8,10-11H,9,12-14H2,1-2H3,(H,21,23). The van der Waals surface area contributed by atoms with Crippen molar-refractivity contribution in [2.24, 2.45) is 0 Å². The smallest absolute Gasteiger partial charge is 0.220 e. The maximum atomic E-state index is 12.0. The van der Waals surface area contributed by atoms with Crippen LogP contribution in [0.4, 0.5) is 0 Å². The second-order valence-electron chi connectivity index (χ2n) is 5.91. The Kier molecular flexibility index (Phi) is 6.63. The lowest BCUT2D eigenvalue weighted by Gasteiger charge is -2.14. The first-order valence-electron chi connectivity index (χ1n) is 7.77. The van der Waals surface area contributed by atoms with E-state index < -0.39 is 0 Å². The van der Waals surface area contributed by atoms with Gasteiger partial charge in [-0.3, -0.25) is 4.79 Å². The van der Waals surface area contributed by atoms with Gasteiger partial charge in [-0.25, -0.2) is 0 Å². The van der Waals surface area contributed by atoms with Gasteiger partial charge in [-0.05, 0) is 49.3 Å². The molecule has 0 atom stereocenters. The summed E-state index contributed by atoms with van der Waals surface area (Å²) in [5.41, 5.74) is 3.54. The van der Waals surface area contributed by atoms with Crippen molar-refractivity contribution in [3.05, 3.63) is 70.2 Å². The highest BCUT2D eigenvalue weighted by Crippen LogP contribution is 2.12. The van der Waals surface area contributed by atoms with Crippen LogP contribution in [0.25, 0.3) is 0 Å². The Hall–Kier alpha value is -1.84. The number of aryl methyl sites for hydroxylation is 1. The number of nitrogens with one attached hydrogen (secondary N) is 1. The SMILES string of the molecule is CN(C)Cc1ccccc1CNC(=O)CCc1ccc(Cl)cc1. The molecule has 4 heteroatoms. The van der Waals surface area contributed by atoms with Gasteiger partial charge in [0.05, 0.1) is 0 Å². The van der Waals surface area contributed by atoms with Crippen molar-refractivity contribution in [3.8, 4) is 0 Å². The van der Waals surface area contributed by atoms with Gasteiger partial charge in [0.2, 0.25) is 5.91 Å². The highest BCUT2D eigenvalue weighted by Gasteiger charge is 2.06. The predicted molar refractivity (Wildman–Crippen MR) is 95.5 cm³/mol. The minimum Gasteiger partial charge on any atom is -0.352 e. The van der Waals surface area contributed by atoms with Crippen LogP contribution < -0.4 is 5.32 Å². The van der Waals surface area contributed by atoms with Crippen LogP contribution in [0.5, 0.6) is 0 Å². The van der Waals surface area contributed by atoms with E-state index in [1.54, 1.807) is 0 Å². The highest BCUT2D eigenvalue weighted by molar-refractivity contribution is 6.30. The minimum atomic E-state index is 0.0691. The molecule has 2 rings (SSSR count). The van der Waals surface area contributed by atoms with Crippen molar-refractivity contribution in [1.82, 2.24) is 10.2 Å². The van der Waals surface area contributed by atoms with Crippen molar-refractivity contribution in [3.63, 3.8) is 0 Å². The van der Waals surface area contributed by atoms with Gasteiger partial charge in [0.1, 0.15) is 0 Å². The molecule has 122 valence electrons. The molecule has 0 aromatic heterocycles. The Balaban J connectivity index is 1.83. The Labute approximate surface area is 143 Å². The van der Waals surface area contributed by atoms with E-state index in [9.17, 15) is 4.79 Å². The number of amides is 1. The number of hydrogen-bond donors (Lipinski definition) is 1. The molecule has 0 aliphatic carbocycles. The van der Waals surface area contributed by atoms with Gasteiger partial charge in [0, 0.05) is 24.5 Å². The third-order valence-corrected chi connectivity index (χ3v) is 3.89. The Morgan fingerprint density at radius 2 is 1.70 bits per heavy atom. The molecular weight excluding hydrogens is 308 g/mol. The zero-order valence-corrected chi connectivity index (χ0v) is 14.4. The molecule has 0 unspecified atom stereocenters. The van der Waals surface area contributed by atoms with E-state index in [0.29, 0.717) is 13.0 Å². The monoisotopic (exact) mass is 330 g/mol. The summed E-state index contributed by atoms with van der Waals surface area (Å²) in [6.45, 7) is 1.44. The van der Waals surface area contributed by atoms with Gasteiger partial charge in [0.25, 0.3) is 0 Å². The second-order valence-corrected chi connectivity index (χ2v) is 6.35. The first kappa shape index (κ1) is 17.5. The number of halogens is 1. The zero-order valence-electron chi connectivity index (χ0n) is 13.7. The average Bonchev–Trinajstić information content (AvgIpc) is 2.53. The molecule has 0 aliphatic rings. The number of hydrogen-bond acceptors (Lipinski definition) is 2. The molecule has 0 spiro atoms. The molecular formula is C19H23ClN2O. The second kappa shape index (κ2) is 8.70. The van der Waals surface area contributed by atoms with Crippen LogP contribution in [0, 0.1) is 0 Å². The molecule has 1 amide bonds. The van der Waals surface area contributed by atoms with Crippen LogP contribution in [0.15, 0.2) is 48.5 Å². The number of nitrogens with zero attached hydrogens (tertiary/aromatic N) is 1. The molecule has 2 aromatic carbocycles. The fourth-order valence-electron chi connectivity index (χ4n) is 2.42. The molecule has 1 N–H and O–H groups in total. The molecule has 0 aliphatic heterocycles. The third-order valence-electron chi connectivity index (χ3n) is 3.63. The largest absolute Gasteiger partial charge is 0.352 e.